The summed E-state index contributed by atoms with van der Waals surface area (Å²) in [6.07, 6.45) is 2.11. The Morgan fingerprint density at radius 2 is 1.78 bits per heavy atom. The molecular weight excluding hydrogens is 378 g/mol. The molecule has 0 aliphatic heterocycles. The van der Waals surface area contributed by atoms with Crippen molar-refractivity contribution in [2.24, 2.45) is 40.4 Å². The van der Waals surface area contributed by atoms with Crippen molar-refractivity contribution in [3.05, 3.63) is 11.6 Å². The lowest BCUT2D eigenvalue weighted by Crippen LogP contribution is -2.50. The van der Waals surface area contributed by atoms with E-state index in [1.165, 1.54) is 0 Å². The van der Waals surface area contributed by atoms with E-state index in [2.05, 4.69) is 36.6 Å². The second-order valence-corrected chi connectivity index (χ2v) is 12.1. The lowest BCUT2D eigenvalue weighted by Gasteiger charge is -2.50. The van der Waals surface area contributed by atoms with Crippen molar-refractivity contribution in [2.75, 3.05) is 0 Å². The number of rotatable bonds is 2. The first-order valence-corrected chi connectivity index (χ1v) is 13.0. The molecule has 27 heavy (non-hydrogen) atoms. The highest BCUT2D eigenvalue weighted by Crippen LogP contribution is 2.76. The van der Waals surface area contributed by atoms with Gasteiger partial charge >= 0.3 is 0 Å². The SMILES string of the molecule is C[C@H]1[C@@H](OPP)[C@H]2[C@H]3[C@@H](C[C@@H](C)[C@]2(C)C2=C[C@@](C)(O)C[C@@]2(O)[C@@H]1O)C3(C)C. The third-order valence-corrected chi connectivity index (χ3v) is 9.86. The van der Waals surface area contributed by atoms with Gasteiger partial charge in [-0.15, -0.1) is 0 Å². The van der Waals surface area contributed by atoms with Gasteiger partial charge in [-0.25, -0.2) is 0 Å². The van der Waals surface area contributed by atoms with Gasteiger partial charge in [0.05, 0.1) is 17.8 Å². The highest BCUT2D eigenvalue weighted by Gasteiger charge is 2.74. The molecule has 0 radical (unpaired) electrons. The zero-order chi connectivity index (χ0) is 20.2. The van der Waals surface area contributed by atoms with Crippen LogP contribution in [0.4, 0.5) is 0 Å². The van der Waals surface area contributed by atoms with Crippen LogP contribution in [0.25, 0.3) is 0 Å². The maximum Gasteiger partial charge on any atom is 0.115 e. The summed E-state index contributed by atoms with van der Waals surface area (Å²) in [7, 11) is 2.95. The number of hydrogen-bond acceptors (Lipinski definition) is 4. The first-order chi connectivity index (χ1) is 12.3. The van der Waals surface area contributed by atoms with Gasteiger partial charge < -0.3 is 19.8 Å². The highest BCUT2D eigenvalue weighted by molar-refractivity contribution is 8.00. The van der Waals surface area contributed by atoms with Crippen LogP contribution >= 0.6 is 17.4 Å². The molecule has 6 heteroatoms. The Kier molecular flexibility index (Phi) is 4.59. The third kappa shape index (κ3) is 2.57. The molecule has 4 rings (SSSR count). The summed E-state index contributed by atoms with van der Waals surface area (Å²) in [5.74, 6) is 1.58. The van der Waals surface area contributed by atoms with Gasteiger partial charge in [0.2, 0.25) is 0 Å². The summed E-state index contributed by atoms with van der Waals surface area (Å²) in [4.78, 5) is 0. The average Bonchev–Trinajstić information content (AvgIpc) is 2.97. The molecule has 0 aromatic carbocycles. The number of aliphatic hydroxyl groups excluding tert-OH is 1. The standard InChI is InChI=1S/C21H36O4P2/c1-10-7-12-14(18(12,3)4)15-16(25-27-26)11(2)17(22)21(24)9-19(5,23)8-13(21)20(10,15)6/h8,10-12,14-17,22-24,27H,7,9,26H2,1-6H3/t10-,11+,12-,14-,15-,16-,17-,19-,20-,21+/m1/s1. The quantitative estimate of drug-likeness (QED) is 0.478. The van der Waals surface area contributed by atoms with E-state index in [-0.39, 0.29) is 43.7 Å². The van der Waals surface area contributed by atoms with E-state index in [1.54, 1.807) is 6.92 Å². The maximum absolute atomic E-state index is 11.8. The molecule has 0 saturated heterocycles. The first kappa shape index (κ1) is 20.7. The molecule has 4 aliphatic rings. The van der Waals surface area contributed by atoms with Gasteiger partial charge in [0, 0.05) is 20.8 Å². The molecule has 0 bridgehead atoms. The zero-order valence-electron chi connectivity index (χ0n) is 17.4. The van der Waals surface area contributed by atoms with Gasteiger partial charge in [-0.3, -0.25) is 0 Å². The molecule has 4 nitrogen and oxygen atoms in total. The summed E-state index contributed by atoms with van der Waals surface area (Å²) < 4.78 is 6.31. The predicted molar refractivity (Wildman–Crippen MR) is 112 cm³/mol. The Bertz CT molecular complexity index is 677. The maximum atomic E-state index is 11.8. The van der Waals surface area contributed by atoms with Gasteiger partial charge in [0.25, 0.3) is 0 Å². The second kappa shape index (κ2) is 5.99. The van der Waals surface area contributed by atoms with Crippen molar-refractivity contribution in [1.29, 1.82) is 0 Å². The lowest BCUT2D eigenvalue weighted by atomic mass is 9.55. The Morgan fingerprint density at radius 3 is 2.37 bits per heavy atom. The van der Waals surface area contributed by atoms with Gasteiger partial charge in [0.1, 0.15) is 5.60 Å². The minimum atomic E-state index is -1.39. The van der Waals surface area contributed by atoms with Crippen molar-refractivity contribution < 1.29 is 19.8 Å². The smallest absolute Gasteiger partial charge is 0.115 e. The molecule has 0 aromatic heterocycles. The van der Waals surface area contributed by atoms with Crippen LogP contribution in [0.2, 0.25) is 0 Å². The molecule has 2 unspecified atom stereocenters. The summed E-state index contributed by atoms with van der Waals surface area (Å²) >= 11 is 0. The Morgan fingerprint density at radius 1 is 1.15 bits per heavy atom. The Hall–Kier alpha value is 0.440. The van der Waals surface area contributed by atoms with E-state index in [0.29, 0.717) is 17.8 Å². The van der Waals surface area contributed by atoms with Crippen LogP contribution in [0, 0.1) is 40.4 Å². The van der Waals surface area contributed by atoms with Crippen molar-refractivity contribution in [3.8, 4) is 0 Å². The van der Waals surface area contributed by atoms with Crippen LogP contribution in [-0.2, 0) is 4.52 Å². The monoisotopic (exact) mass is 414 g/mol. The fourth-order valence-electron chi connectivity index (χ4n) is 7.48. The molecule has 3 saturated carbocycles. The zero-order valence-corrected chi connectivity index (χ0v) is 19.5. The molecule has 154 valence electrons. The topological polar surface area (TPSA) is 69.9 Å². The highest BCUT2D eigenvalue weighted by atomic mass is 32.0. The number of fused-ring (bicyclic) bond motifs is 5. The summed E-state index contributed by atoms with van der Waals surface area (Å²) in [6.45, 7) is 13.0. The van der Waals surface area contributed by atoms with Crippen LogP contribution < -0.4 is 0 Å². The minimum absolute atomic E-state index is 0.0988. The fraction of sp³-hybridized carbons (Fsp3) is 0.905. The molecule has 0 aromatic rings. The van der Waals surface area contributed by atoms with Crippen LogP contribution in [-0.4, -0.2) is 38.7 Å². The summed E-state index contributed by atoms with van der Waals surface area (Å²) in [6, 6.07) is 0. The first-order valence-electron chi connectivity index (χ1n) is 10.3. The fourth-order valence-corrected chi connectivity index (χ4v) is 8.47. The average molecular weight is 414 g/mol. The Balaban J connectivity index is 1.94. The van der Waals surface area contributed by atoms with Crippen molar-refractivity contribution >= 4 is 17.4 Å². The van der Waals surface area contributed by atoms with Crippen LogP contribution in [0.1, 0.15) is 54.4 Å². The van der Waals surface area contributed by atoms with Crippen LogP contribution in [0.5, 0.6) is 0 Å². The molecule has 0 spiro atoms. The largest absolute Gasteiger partial charge is 0.389 e. The van der Waals surface area contributed by atoms with Crippen molar-refractivity contribution in [1.82, 2.24) is 0 Å². The van der Waals surface area contributed by atoms with E-state index in [9.17, 15) is 15.3 Å². The lowest BCUT2D eigenvalue weighted by molar-refractivity contribution is -0.105. The van der Waals surface area contributed by atoms with E-state index in [0.717, 1.165) is 12.0 Å². The predicted octanol–water partition coefficient (Wildman–Crippen LogP) is 3.51. The molecule has 0 amide bonds. The number of hydrogen-bond donors (Lipinski definition) is 3. The van der Waals surface area contributed by atoms with E-state index >= 15 is 0 Å². The van der Waals surface area contributed by atoms with E-state index in [4.69, 9.17) is 4.52 Å². The normalized spacial score (nSPS) is 59.0. The molecule has 12 atom stereocenters. The summed E-state index contributed by atoms with van der Waals surface area (Å²) in [5, 5.41) is 33.9. The minimum Gasteiger partial charge on any atom is -0.389 e. The van der Waals surface area contributed by atoms with Crippen molar-refractivity contribution in [3.63, 3.8) is 0 Å². The Labute approximate surface area is 167 Å². The molecular formula is C21H36O4P2. The van der Waals surface area contributed by atoms with E-state index < -0.39 is 17.3 Å². The second-order valence-electron chi connectivity index (χ2n) is 10.9. The molecule has 4 aliphatic carbocycles. The van der Waals surface area contributed by atoms with Crippen LogP contribution in [0.3, 0.4) is 0 Å². The van der Waals surface area contributed by atoms with Gasteiger partial charge in [-0.1, -0.05) is 49.6 Å². The van der Waals surface area contributed by atoms with Gasteiger partial charge in [-0.2, -0.15) is 0 Å². The van der Waals surface area contributed by atoms with Gasteiger partial charge in [0.15, 0.2) is 0 Å². The van der Waals surface area contributed by atoms with Gasteiger partial charge in [-0.05, 0) is 53.4 Å². The van der Waals surface area contributed by atoms with Crippen molar-refractivity contribution in [2.45, 2.75) is 77.8 Å². The summed E-state index contributed by atoms with van der Waals surface area (Å²) in [5.41, 5.74) is -1.67. The molecule has 0 heterocycles. The molecule has 3 fully saturated rings. The molecule has 3 N–H and O–H groups in total. The number of aliphatic hydroxyl groups is 3. The van der Waals surface area contributed by atoms with Crippen LogP contribution in [0.15, 0.2) is 11.6 Å². The third-order valence-electron chi connectivity index (χ3n) is 9.04. The van der Waals surface area contributed by atoms with E-state index in [1.807, 2.05) is 13.0 Å².